The Morgan fingerprint density at radius 3 is 2.58 bits per heavy atom. The molecule has 1 aliphatic heterocycles. The lowest BCUT2D eigenvalue weighted by atomic mass is 10.1. The van der Waals surface area contributed by atoms with Gasteiger partial charge in [-0.2, -0.15) is 0 Å². The molecule has 1 heterocycles. The van der Waals surface area contributed by atoms with Gasteiger partial charge in [0.15, 0.2) is 5.96 Å². The number of hydrogen-bond acceptors (Lipinski definition) is 4. The highest BCUT2D eigenvalue weighted by atomic mass is 127. The molecule has 0 bridgehead atoms. The van der Waals surface area contributed by atoms with Crippen molar-refractivity contribution in [3.8, 4) is 0 Å². The van der Waals surface area contributed by atoms with Crippen LogP contribution in [0.5, 0.6) is 0 Å². The molecule has 8 heteroatoms. The number of nitrogens with one attached hydrogen (secondary N) is 2. The predicted octanol–water partition coefficient (Wildman–Crippen LogP) is 1.28. The van der Waals surface area contributed by atoms with Crippen LogP contribution in [-0.4, -0.2) is 70.3 Å². The highest BCUT2D eigenvalue weighted by molar-refractivity contribution is 14.0. The van der Waals surface area contributed by atoms with Gasteiger partial charge in [0.1, 0.15) is 0 Å². The number of halogens is 1. The van der Waals surface area contributed by atoms with Gasteiger partial charge in [-0.3, -0.25) is 4.79 Å². The van der Waals surface area contributed by atoms with E-state index in [-0.39, 0.29) is 36.4 Å². The molecule has 0 saturated carbocycles. The smallest absolute Gasteiger partial charge is 0.241 e. The van der Waals surface area contributed by atoms with E-state index in [0.29, 0.717) is 12.5 Å². The number of guanidine groups is 1. The van der Waals surface area contributed by atoms with Crippen LogP contribution in [0.2, 0.25) is 0 Å². The number of hydrogen-bond donors (Lipinski definition) is 2. The van der Waals surface area contributed by atoms with Gasteiger partial charge in [-0.25, -0.2) is 4.99 Å². The molecule has 2 N–H and O–H groups in total. The van der Waals surface area contributed by atoms with Gasteiger partial charge in [0.25, 0.3) is 0 Å². The van der Waals surface area contributed by atoms with Crippen molar-refractivity contribution in [1.82, 2.24) is 15.5 Å². The fraction of sp³-hybridized carbons (Fsp3) is 0.556. The SMILES string of the molecule is CCNC(=NCc1ccccc1N1CCOCC1)NCC(=O)N(C)C.I. The van der Waals surface area contributed by atoms with Crippen LogP contribution in [0.25, 0.3) is 0 Å². The second-order valence-electron chi connectivity index (χ2n) is 6.07. The summed E-state index contributed by atoms with van der Waals surface area (Å²) in [6, 6.07) is 8.32. The first kappa shape index (κ1) is 22.5. The van der Waals surface area contributed by atoms with Gasteiger partial charge in [0, 0.05) is 39.4 Å². The van der Waals surface area contributed by atoms with Crippen molar-refractivity contribution in [2.24, 2.45) is 4.99 Å². The third kappa shape index (κ3) is 6.99. The monoisotopic (exact) mass is 475 g/mol. The van der Waals surface area contributed by atoms with E-state index < -0.39 is 0 Å². The zero-order chi connectivity index (χ0) is 18.1. The van der Waals surface area contributed by atoms with Crippen LogP contribution in [0.4, 0.5) is 5.69 Å². The molecule has 0 aliphatic carbocycles. The van der Waals surface area contributed by atoms with Gasteiger partial charge in [0.05, 0.1) is 26.3 Å². The molecule has 1 saturated heterocycles. The summed E-state index contributed by atoms with van der Waals surface area (Å²) in [7, 11) is 3.49. The van der Waals surface area contributed by atoms with Crippen molar-refractivity contribution in [2.75, 3.05) is 58.4 Å². The van der Waals surface area contributed by atoms with E-state index in [2.05, 4.69) is 38.7 Å². The summed E-state index contributed by atoms with van der Waals surface area (Å²) in [6.07, 6.45) is 0. The molecule has 0 aromatic heterocycles. The molecule has 0 spiro atoms. The molecule has 1 fully saturated rings. The average molecular weight is 475 g/mol. The van der Waals surface area contributed by atoms with Crippen LogP contribution < -0.4 is 15.5 Å². The lowest BCUT2D eigenvalue weighted by molar-refractivity contribution is -0.127. The van der Waals surface area contributed by atoms with Gasteiger partial charge in [-0.1, -0.05) is 18.2 Å². The number of para-hydroxylation sites is 1. The van der Waals surface area contributed by atoms with Crippen LogP contribution in [0.1, 0.15) is 12.5 Å². The molecular weight excluding hydrogens is 445 g/mol. The van der Waals surface area contributed by atoms with E-state index in [4.69, 9.17) is 4.74 Å². The van der Waals surface area contributed by atoms with Crippen LogP contribution in [-0.2, 0) is 16.1 Å². The van der Waals surface area contributed by atoms with E-state index in [1.54, 1.807) is 19.0 Å². The third-order valence-electron chi connectivity index (χ3n) is 4.00. The first-order valence-corrected chi connectivity index (χ1v) is 8.74. The van der Waals surface area contributed by atoms with Crippen molar-refractivity contribution in [2.45, 2.75) is 13.5 Å². The number of nitrogens with zero attached hydrogens (tertiary/aromatic N) is 3. The van der Waals surface area contributed by atoms with E-state index in [1.165, 1.54) is 11.3 Å². The van der Waals surface area contributed by atoms with Gasteiger partial charge in [-0.05, 0) is 18.6 Å². The molecular formula is C18H30IN5O2. The Hall–Kier alpha value is -1.55. The molecule has 7 nitrogen and oxygen atoms in total. The number of anilines is 1. The van der Waals surface area contributed by atoms with Gasteiger partial charge < -0.3 is 25.2 Å². The van der Waals surface area contributed by atoms with Crippen molar-refractivity contribution < 1.29 is 9.53 Å². The molecule has 1 aliphatic rings. The Bertz CT molecular complexity index is 589. The summed E-state index contributed by atoms with van der Waals surface area (Å²) in [5, 5.41) is 6.27. The summed E-state index contributed by atoms with van der Waals surface area (Å²) in [5.41, 5.74) is 2.37. The Balaban J connectivity index is 0.00000338. The molecule has 1 aromatic rings. The van der Waals surface area contributed by atoms with Gasteiger partial charge in [0.2, 0.25) is 5.91 Å². The first-order valence-electron chi connectivity index (χ1n) is 8.74. The van der Waals surface area contributed by atoms with E-state index in [0.717, 1.165) is 32.8 Å². The second-order valence-corrected chi connectivity index (χ2v) is 6.07. The van der Waals surface area contributed by atoms with Crippen molar-refractivity contribution in [3.05, 3.63) is 29.8 Å². The molecule has 26 heavy (non-hydrogen) atoms. The van der Waals surface area contributed by atoms with Crippen LogP contribution >= 0.6 is 24.0 Å². The quantitative estimate of drug-likeness (QED) is 0.369. The molecule has 0 atom stereocenters. The number of carbonyl (C=O) groups is 1. The summed E-state index contributed by atoms with van der Waals surface area (Å²) >= 11 is 0. The standard InChI is InChI=1S/C18H29N5O2.HI/c1-4-19-18(21-14-17(24)22(2)3)20-13-15-7-5-6-8-16(15)23-9-11-25-12-10-23;/h5-8H,4,9-14H2,1-3H3,(H2,19,20,21);1H. The Morgan fingerprint density at radius 1 is 1.23 bits per heavy atom. The maximum Gasteiger partial charge on any atom is 0.241 e. The van der Waals surface area contributed by atoms with Crippen molar-refractivity contribution in [1.29, 1.82) is 0 Å². The number of ether oxygens (including phenoxy) is 1. The minimum absolute atomic E-state index is 0. The first-order chi connectivity index (χ1) is 12.1. The molecule has 146 valence electrons. The van der Waals surface area contributed by atoms with Crippen molar-refractivity contribution in [3.63, 3.8) is 0 Å². The highest BCUT2D eigenvalue weighted by Gasteiger charge is 2.14. The zero-order valence-corrected chi connectivity index (χ0v) is 18.2. The van der Waals surface area contributed by atoms with Crippen LogP contribution in [0.15, 0.2) is 29.3 Å². The van der Waals surface area contributed by atoms with E-state index >= 15 is 0 Å². The van der Waals surface area contributed by atoms with Gasteiger partial charge in [-0.15, -0.1) is 24.0 Å². The minimum Gasteiger partial charge on any atom is -0.378 e. The van der Waals surface area contributed by atoms with E-state index in [1.807, 2.05) is 13.0 Å². The average Bonchev–Trinajstić information content (AvgIpc) is 2.64. The number of aliphatic imine (C=N–C) groups is 1. The van der Waals surface area contributed by atoms with Crippen LogP contribution in [0, 0.1) is 0 Å². The van der Waals surface area contributed by atoms with E-state index in [9.17, 15) is 4.79 Å². The lowest BCUT2D eigenvalue weighted by Gasteiger charge is -2.30. The normalized spacial score (nSPS) is 14.4. The summed E-state index contributed by atoms with van der Waals surface area (Å²) in [5.74, 6) is 0.661. The molecule has 2 rings (SSSR count). The fourth-order valence-corrected chi connectivity index (χ4v) is 2.58. The Labute approximate surface area is 173 Å². The molecule has 0 unspecified atom stereocenters. The van der Waals surface area contributed by atoms with Crippen LogP contribution in [0.3, 0.4) is 0 Å². The van der Waals surface area contributed by atoms with Gasteiger partial charge >= 0.3 is 0 Å². The Kier molecular flexibility index (Phi) is 10.3. The minimum atomic E-state index is 0. The number of likely N-dealkylation sites (N-methyl/N-ethyl adjacent to an activating group) is 1. The van der Waals surface area contributed by atoms with Crippen molar-refractivity contribution >= 4 is 41.5 Å². The highest BCUT2D eigenvalue weighted by Crippen LogP contribution is 2.22. The zero-order valence-electron chi connectivity index (χ0n) is 15.8. The number of amides is 1. The lowest BCUT2D eigenvalue weighted by Crippen LogP contribution is -2.42. The second kappa shape index (κ2) is 11.9. The summed E-state index contributed by atoms with van der Waals surface area (Å²) < 4.78 is 5.44. The fourth-order valence-electron chi connectivity index (χ4n) is 2.58. The molecule has 1 aromatic carbocycles. The number of rotatable bonds is 6. The number of carbonyl (C=O) groups excluding carboxylic acids is 1. The largest absolute Gasteiger partial charge is 0.378 e. The number of morpholine rings is 1. The molecule has 1 amide bonds. The third-order valence-corrected chi connectivity index (χ3v) is 4.00. The maximum atomic E-state index is 11.7. The topological polar surface area (TPSA) is 69.2 Å². The Morgan fingerprint density at radius 2 is 1.92 bits per heavy atom. The summed E-state index contributed by atoms with van der Waals surface area (Å²) in [4.78, 5) is 20.3. The summed E-state index contributed by atoms with van der Waals surface area (Å²) in [6.45, 7) is 6.85. The maximum absolute atomic E-state index is 11.7. The predicted molar refractivity (Wildman–Crippen MR) is 116 cm³/mol. The number of benzene rings is 1. The molecule has 0 radical (unpaired) electrons.